The summed E-state index contributed by atoms with van der Waals surface area (Å²) in [5.74, 6) is -10.4. The molecule has 1 aliphatic rings. The number of unbranched alkanes of at least 4 members (excludes halogenated alkanes) is 1. The van der Waals surface area contributed by atoms with E-state index in [4.69, 9.17) is 22.9 Å². The number of aromatic hydroxyl groups is 1. The summed E-state index contributed by atoms with van der Waals surface area (Å²) in [6.07, 6.45) is -0.359. The van der Waals surface area contributed by atoms with Crippen molar-refractivity contribution in [2.45, 2.75) is 145 Å². The van der Waals surface area contributed by atoms with E-state index in [0.29, 0.717) is 24.0 Å². The Kier molecular flexibility index (Phi) is 28.3. The fourth-order valence-electron chi connectivity index (χ4n) is 8.58. The standard InChI is InChI=1S/C52H79N13O15/c1-29(2)24-37(61-43(71)33(54)27-66)46(74)62-38(25-30-10-4-3-5-11-30)47(75)58-34(13-8-22-57-52(55)56)44(72)64-40(28-67)50(78)65-23-9-14-41(65)49(77)63-39(26-31-15-17-32(68)18-16-31)48(76)59-35(19-20-42(69)70)45(73)60-36(51(79)80)12-6-7-21-53/h3-5,10-11,15-18,29,33-41,66-68H,6-9,12-14,19-28,53-54H2,1-2H3,(H,58,75)(H,59,76)(H,60,73)(H,61,71)(H,62,74)(H,63,77)(H,64,72)(H,69,70)(H,79,80)(H4,55,56,57)/t33-,34-,35-,36-,37-,38-,39-,40-,41-/m0/s1. The number of phenolic OH excluding ortho intramolecular Hbond substituents is 1. The molecule has 0 unspecified atom stereocenters. The summed E-state index contributed by atoms with van der Waals surface area (Å²) in [6, 6.07) is 1.16. The summed E-state index contributed by atoms with van der Waals surface area (Å²) < 4.78 is 0. The fraction of sp³-hybridized carbons (Fsp3) is 0.558. The van der Waals surface area contributed by atoms with Crippen LogP contribution in [0.1, 0.15) is 89.2 Å². The van der Waals surface area contributed by atoms with Crippen LogP contribution < -0.4 is 60.2 Å². The molecule has 28 nitrogen and oxygen atoms in total. The second kappa shape index (κ2) is 34.1. The first-order valence-electron chi connectivity index (χ1n) is 26.4. The van der Waals surface area contributed by atoms with Crippen molar-refractivity contribution < 1.29 is 73.5 Å². The number of rotatable bonds is 35. The zero-order valence-corrected chi connectivity index (χ0v) is 45.0. The van der Waals surface area contributed by atoms with Gasteiger partial charge >= 0.3 is 11.9 Å². The maximum atomic E-state index is 14.3. The number of carboxylic acid groups (broad SMARTS) is 2. The Labute approximate surface area is 463 Å². The molecular formula is C52H79N13O15. The van der Waals surface area contributed by atoms with E-state index < -0.39 is 140 Å². The minimum absolute atomic E-state index is 0.00554. The van der Waals surface area contributed by atoms with Crippen molar-refractivity contribution in [3.63, 3.8) is 0 Å². The number of hydrogen-bond acceptors (Lipinski definition) is 16. The van der Waals surface area contributed by atoms with Gasteiger partial charge in [-0.05, 0) is 93.5 Å². The second-order valence-electron chi connectivity index (χ2n) is 19.8. The average Bonchev–Trinajstić information content (AvgIpc) is 3.92. The highest BCUT2D eigenvalue weighted by Gasteiger charge is 2.40. The summed E-state index contributed by atoms with van der Waals surface area (Å²) >= 11 is 0. The average molecular weight is 1130 g/mol. The van der Waals surface area contributed by atoms with Crippen LogP contribution >= 0.6 is 0 Å². The molecule has 8 amide bonds. The molecule has 442 valence electrons. The summed E-state index contributed by atoms with van der Waals surface area (Å²) in [6.45, 7) is 2.09. The number of likely N-dealkylation sites (tertiary alicyclic amines) is 1. The van der Waals surface area contributed by atoms with Crippen LogP contribution in [0.25, 0.3) is 0 Å². The maximum absolute atomic E-state index is 14.3. The van der Waals surface area contributed by atoms with Crippen molar-refractivity contribution in [3.8, 4) is 5.75 Å². The number of aliphatic hydroxyl groups is 2. The molecule has 1 saturated heterocycles. The Morgan fingerprint density at radius 3 is 1.69 bits per heavy atom. The zero-order chi connectivity index (χ0) is 59.5. The van der Waals surface area contributed by atoms with Gasteiger partial charge in [0.25, 0.3) is 0 Å². The lowest BCUT2D eigenvalue weighted by Gasteiger charge is -2.30. The van der Waals surface area contributed by atoms with E-state index in [-0.39, 0.29) is 88.6 Å². The topological polar surface area (TPSA) is 476 Å². The van der Waals surface area contributed by atoms with E-state index in [2.05, 4.69) is 42.2 Å². The molecule has 0 spiro atoms. The molecule has 1 aliphatic heterocycles. The van der Waals surface area contributed by atoms with Gasteiger partial charge in [0.1, 0.15) is 60.1 Å². The van der Waals surface area contributed by atoms with Crippen LogP contribution in [-0.2, 0) is 60.8 Å². The monoisotopic (exact) mass is 1130 g/mol. The van der Waals surface area contributed by atoms with Crippen LogP contribution in [0.3, 0.4) is 0 Å². The molecule has 0 bridgehead atoms. The van der Waals surface area contributed by atoms with E-state index in [0.717, 1.165) is 4.90 Å². The number of nitrogens with one attached hydrogen (secondary N) is 7. The number of nitrogens with two attached hydrogens (primary N) is 4. The number of guanidine groups is 1. The highest BCUT2D eigenvalue weighted by molar-refractivity contribution is 5.98. The fourth-order valence-corrected chi connectivity index (χ4v) is 8.58. The third-order valence-electron chi connectivity index (χ3n) is 12.9. The van der Waals surface area contributed by atoms with Crippen molar-refractivity contribution >= 4 is 65.2 Å². The van der Waals surface area contributed by atoms with Crippen molar-refractivity contribution in [1.29, 1.82) is 0 Å². The minimum Gasteiger partial charge on any atom is -0.508 e. The highest BCUT2D eigenvalue weighted by Crippen LogP contribution is 2.20. The maximum Gasteiger partial charge on any atom is 0.326 e. The summed E-state index contributed by atoms with van der Waals surface area (Å²) in [4.78, 5) is 140. The SMILES string of the molecule is CC(C)C[C@H](NC(=O)[C@@H](N)CO)C(=O)N[C@@H](Cc1ccccc1)C(=O)N[C@@H](CCCN=C(N)N)C(=O)N[C@@H](CO)C(=O)N1CCC[C@H]1C(=O)N[C@@H](Cc1ccc(O)cc1)C(=O)N[C@@H](CCC(=O)O)C(=O)N[C@@H](CCCCN)C(=O)O. The first-order valence-corrected chi connectivity index (χ1v) is 26.4. The number of hydrogen-bond donors (Lipinski definition) is 16. The summed E-state index contributed by atoms with van der Waals surface area (Å²) in [7, 11) is 0. The number of carbonyl (C=O) groups excluding carboxylic acids is 8. The summed E-state index contributed by atoms with van der Waals surface area (Å²) in [5, 5.41) is 66.9. The number of carbonyl (C=O) groups is 10. The smallest absolute Gasteiger partial charge is 0.326 e. The molecule has 1 heterocycles. The summed E-state index contributed by atoms with van der Waals surface area (Å²) in [5.41, 5.74) is 23.3. The van der Waals surface area contributed by atoms with Crippen LogP contribution in [0, 0.1) is 5.92 Å². The van der Waals surface area contributed by atoms with Crippen LogP contribution in [0.2, 0.25) is 0 Å². The molecule has 9 atom stereocenters. The lowest BCUT2D eigenvalue weighted by atomic mass is 10.00. The molecule has 0 saturated carbocycles. The largest absolute Gasteiger partial charge is 0.508 e. The number of aliphatic hydroxyl groups excluding tert-OH is 2. The number of aliphatic carboxylic acids is 2. The predicted octanol–water partition coefficient (Wildman–Crippen LogP) is -3.95. The van der Waals surface area contributed by atoms with Gasteiger partial charge < -0.3 is 90.6 Å². The molecule has 2 aromatic carbocycles. The van der Waals surface area contributed by atoms with E-state index in [9.17, 15) is 73.5 Å². The van der Waals surface area contributed by atoms with Crippen LogP contribution in [0.5, 0.6) is 5.75 Å². The van der Waals surface area contributed by atoms with Crippen LogP contribution in [-0.4, -0.2) is 183 Å². The van der Waals surface area contributed by atoms with Gasteiger partial charge in [0.2, 0.25) is 47.3 Å². The Bertz CT molecular complexity index is 2430. The molecule has 3 rings (SSSR count). The molecule has 2 aromatic rings. The Morgan fingerprint density at radius 1 is 0.625 bits per heavy atom. The third kappa shape index (κ3) is 22.8. The van der Waals surface area contributed by atoms with Gasteiger partial charge in [-0.15, -0.1) is 0 Å². The molecular weight excluding hydrogens is 1050 g/mol. The van der Waals surface area contributed by atoms with Gasteiger partial charge in [0.15, 0.2) is 5.96 Å². The molecule has 20 N–H and O–H groups in total. The van der Waals surface area contributed by atoms with E-state index >= 15 is 0 Å². The third-order valence-corrected chi connectivity index (χ3v) is 12.9. The number of amides is 8. The van der Waals surface area contributed by atoms with Gasteiger partial charge in [-0.2, -0.15) is 0 Å². The van der Waals surface area contributed by atoms with Gasteiger partial charge in [0.05, 0.1) is 13.2 Å². The Morgan fingerprint density at radius 2 is 1.14 bits per heavy atom. The number of aliphatic imine (C=N–C) groups is 1. The quantitative estimate of drug-likeness (QED) is 0.0178. The number of nitrogens with zero attached hydrogens (tertiary/aromatic N) is 2. The van der Waals surface area contributed by atoms with Crippen LogP contribution in [0.4, 0.5) is 0 Å². The molecule has 0 radical (unpaired) electrons. The lowest BCUT2D eigenvalue weighted by Crippen LogP contribution is -2.61. The molecule has 0 aliphatic carbocycles. The van der Waals surface area contributed by atoms with E-state index in [1.807, 2.05) is 0 Å². The molecule has 80 heavy (non-hydrogen) atoms. The van der Waals surface area contributed by atoms with Gasteiger partial charge in [0, 0.05) is 32.4 Å². The first-order chi connectivity index (χ1) is 38.0. The zero-order valence-electron chi connectivity index (χ0n) is 45.0. The van der Waals surface area contributed by atoms with Gasteiger partial charge in [-0.25, -0.2) is 4.79 Å². The van der Waals surface area contributed by atoms with Crippen molar-refractivity contribution in [3.05, 3.63) is 65.7 Å². The number of carboxylic acids is 2. The van der Waals surface area contributed by atoms with E-state index in [1.165, 1.54) is 24.3 Å². The van der Waals surface area contributed by atoms with Crippen molar-refractivity contribution in [2.75, 3.05) is 32.8 Å². The number of phenols is 1. The normalized spacial score (nSPS) is 16.0. The van der Waals surface area contributed by atoms with E-state index in [1.54, 1.807) is 44.2 Å². The minimum atomic E-state index is -1.71. The van der Waals surface area contributed by atoms with Gasteiger partial charge in [-0.1, -0.05) is 56.3 Å². The highest BCUT2D eigenvalue weighted by atomic mass is 16.4. The van der Waals surface area contributed by atoms with Gasteiger partial charge in [-0.3, -0.25) is 48.1 Å². The van der Waals surface area contributed by atoms with Crippen molar-refractivity contribution in [1.82, 2.24) is 42.1 Å². The number of benzene rings is 2. The predicted molar refractivity (Wildman–Crippen MR) is 289 cm³/mol. The van der Waals surface area contributed by atoms with Crippen molar-refractivity contribution in [2.24, 2.45) is 33.8 Å². The first kappa shape index (κ1) is 66.3. The Balaban J connectivity index is 1.92. The Hall–Kier alpha value is -7.95. The second-order valence-corrected chi connectivity index (χ2v) is 19.8. The lowest BCUT2D eigenvalue weighted by molar-refractivity contribution is -0.144. The van der Waals surface area contributed by atoms with Crippen LogP contribution in [0.15, 0.2) is 59.6 Å². The molecule has 0 aromatic heterocycles. The molecule has 1 fully saturated rings. The molecule has 28 heteroatoms.